The molecule has 0 radical (unpaired) electrons. The number of methoxy groups -OCH3 is 1. The summed E-state index contributed by atoms with van der Waals surface area (Å²) in [5.74, 6) is 1.17. The largest absolute Gasteiger partial charge is 0.496 e. The number of amides is 2. The molecular formula is C26H27N5O3S2. The maximum Gasteiger partial charge on any atom is 0.257 e. The Bertz CT molecular complexity index is 1280. The summed E-state index contributed by atoms with van der Waals surface area (Å²) in [4.78, 5) is 39.4. The lowest BCUT2D eigenvalue weighted by atomic mass is 10.1. The molecule has 186 valence electrons. The molecule has 8 nitrogen and oxygen atoms in total. The minimum atomic E-state index is -0.0712. The van der Waals surface area contributed by atoms with Crippen molar-refractivity contribution in [1.29, 1.82) is 0 Å². The van der Waals surface area contributed by atoms with Crippen LogP contribution in [0.3, 0.4) is 0 Å². The molecule has 5 rings (SSSR count). The van der Waals surface area contributed by atoms with Crippen LogP contribution in [0.15, 0.2) is 64.5 Å². The Balaban J connectivity index is 1.35. The summed E-state index contributed by atoms with van der Waals surface area (Å²) < 4.78 is 6.59. The zero-order valence-electron chi connectivity index (χ0n) is 20.1. The van der Waals surface area contributed by atoms with Gasteiger partial charge in [0, 0.05) is 24.2 Å². The minimum Gasteiger partial charge on any atom is -0.496 e. The van der Waals surface area contributed by atoms with Crippen LogP contribution in [0.5, 0.6) is 5.75 Å². The number of piperazine rings is 1. The zero-order valence-corrected chi connectivity index (χ0v) is 21.8. The molecule has 10 heteroatoms. The molecule has 1 N–H and O–H groups in total. The first kappa shape index (κ1) is 24.3. The van der Waals surface area contributed by atoms with E-state index in [0.717, 1.165) is 38.5 Å². The zero-order chi connectivity index (χ0) is 25.2. The lowest BCUT2D eigenvalue weighted by molar-refractivity contribution is -0.131. The number of ether oxygens (including phenoxy) is 1. The van der Waals surface area contributed by atoms with E-state index in [2.05, 4.69) is 21.9 Å². The van der Waals surface area contributed by atoms with Crippen molar-refractivity contribution in [2.75, 3.05) is 25.5 Å². The van der Waals surface area contributed by atoms with E-state index in [1.807, 2.05) is 53.3 Å². The number of nitrogens with one attached hydrogen (secondary N) is 1. The number of carbonyl (C=O) groups is 2. The Kier molecular flexibility index (Phi) is 6.97. The number of benzene rings is 1. The molecule has 4 heterocycles. The van der Waals surface area contributed by atoms with Gasteiger partial charge in [0.2, 0.25) is 5.91 Å². The van der Waals surface area contributed by atoms with Crippen LogP contribution < -0.4 is 10.1 Å². The number of aromatic nitrogens is 2. The lowest BCUT2D eigenvalue weighted by Crippen LogP contribution is -2.56. The number of hydrogen-bond donors (Lipinski definition) is 1. The van der Waals surface area contributed by atoms with E-state index in [0.29, 0.717) is 24.4 Å². The summed E-state index contributed by atoms with van der Waals surface area (Å²) in [6, 6.07) is 9.56. The van der Waals surface area contributed by atoms with Crippen LogP contribution in [0.2, 0.25) is 0 Å². The van der Waals surface area contributed by atoms with Crippen LogP contribution in [0.25, 0.3) is 0 Å². The smallest absolute Gasteiger partial charge is 0.257 e. The van der Waals surface area contributed by atoms with E-state index in [1.54, 1.807) is 25.1 Å². The highest BCUT2D eigenvalue weighted by Gasteiger charge is 2.43. The average molecular weight is 522 g/mol. The molecule has 0 spiro atoms. The standard InChI is InChI=1S/C26H27N5O3S2/c1-4-23(32)31-17-8-9-18(31)15-30(14-17)25(33)19-12-21(16(2)11-20(19)34-3)35-24-13-28-26(36-24)29-22-7-5-6-10-27-22/h4-7,10-13,17-18H,1,8-9,14-15H2,2-3H3,(H,27,28,29)/t17-,18-/m0/s1. The minimum absolute atomic E-state index is 0.0331. The highest BCUT2D eigenvalue weighted by atomic mass is 32.2. The van der Waals surface area contributed by atoms with Crippen molar-refractivity contribution in [2.45, 2.75) is 41.0 Å². The quantitative estimate of drug-likeness (QED) is 0.449. The van der Waals surface area contributed by atoms with Crippen LogP contribution in [0, 0.1) is 6.92 Å². The van der Waals surface area contributed by atoms with Crippen LogP contribution in [0.4, 0.5) is 10.9 Å². The first-order valence-electron chi connectivity index (χ1n) is 11.7. The number of anilines is 2. The SMILES string of the molecule is C=CC(=O)N1[C@H]2CC[C@H]1CN(C(=O)c1cc(Sc3cnc(Nc4ccccn4)s3)c(C)cc1OC)C2. The number of thiazole rings is 1. The molecule has 36 heavy (non-hydrogen) atoms. The number of hydrogen-bond acceptors (Lipinski definition) is 8. The Hall–Kier alpha value is -3.37. The molecule has 0 saturated carbocycles. The third kappa shape index (κ3) is 4.83. The van der Waals surface area contributed by atoms with E-state index in [4.69, 9.17) is 4.74 Å². The number of carbonyl (C=O) groups excluding carboxylic acids is 2. The van der Waals surface area contributed by atoms with Gasteiger partial charge in [-0.05, 0) is 55.7 Å². The fourth-order valence-corrected chi connectivity index (χ4v) is 6.78. The van der Waals surface area contributed by atoms with Crippen molar-refractivity contribution >= 4 is 45.9 Å². The number of aryl methyl sites for hydroxylation is 1. The number of pyridine rings is 1. The fraction of sp³-hybridized carbons (Fsp3) is 0.308. The van der Waals surface area contributed by atoms with Gasteiger partial charge < -0.3 is 19.9 Å². The molecule has 3 aromatic rings. The summed E-state index contributed by atoms with van der Waals surface area (Å²) >= 11 is 3.10. The fourth-order valence-electron chi connectivity index (χ4n) is 4.83. The van der Waals surface area contributed by atoms with Crippen LogP contribution in [-0.4, -0.2) is 63.9 Å². The molecule has 0 aliphatic carbocycles. The monoisotopic (exact) mass is 521 g/mol. The Morgan fingerprint density at radius 1 is 1.22 bits per heavy atom. The number of rotatable bonds is 7. The second-order valence-electron chi connectivity index (χ2n) is 8.79. The van der Waals surface area contributed by atoms with Gasteiger partial charge in [-0.15, -0.1) is 0 Å². The summed E-state index contributed by atoms with van der Waals surface area (Å²) in [5.41, 5.74) is 1.55. The summed E-state index contributed by atoms with van der Waals surface area (Å²) in [6.45, 7) is 6.68. The van der Waals surface area contributed by atoms with E-state index < -0.39 is 0 Å². The van der Waals surface area contributed by atoms with E-state index in [9.17, 15) is 9.59 Å². The summed E-state index contributed by atoms with van der Waals surface area (Å²) in [5, 5.41) is 3.96. The second kappa shape index (κ2) is 10.3. The van der Waals surface area contributed by atoms with Gasteiger partial charge >= 0.3 is 0 Å². The van der Waals surface area contributed by atoms with Gasteiger partial charge in [-0.25, -0.2) is 9.97 Å². The molecule has 2 fully saturated rings. The van der Waals surface area contributed by atoms with Crippen molar-refractivity contribution in [3.8, 4) is 5.75 Å². The normalized spacial score (nSPS) is 18.7. The lowest BCUT2D eigenvalue weighted by Gasteiger charge is -2.40. The number of nitrogens with zero attached hydrogens (tertiary/aromatic N) is 4. The van der Waals surface area contributed by atoms with Crippen molar-refractivity contribution < 1.29 is 14.3 Å². The molecule has 2 saturated heterocycles. The van der Waals surface area contributed by atoms with Gasteiger partial charge in [0.05, 0.1) is 35.2 Å². The molecular weight excluding hydrogens is 494 g/mol. The van der Waals surface area contributed by atoms with Crippen LogP contribution >= 0.6 is 23.1 Å². The maximum atomic E-state index is 13.7. The number of fused-ring (bicyclic) bond motifs is 2. The van der Waals surface area contributed by atoms with Crippen LogP contribution in [-0.2, 0) is 4.79 Å². The molecule has 2 atom stereocenters. The van der Waals surface area contributed by atoms with Gasteiger partial charge in [-0.2, -0.15) is 0 Å². The Morgan fingerprint density at radius 3 is 2.67 bits per heavy atom. The van der Waals surface area contributed by atoms with Gasteiger partial charge in [-0.1, -0.05) is 35.7 Å². The highest BCUT2D eigenvalue weighted by molar-refractivity contribution is 8.01. The van der Waals surface area contributed by atoms with E-state index >= 15 is 0 Å². The van der Waals surface area contributed by atoms with Gasteiger partial charge in [0.1, 0.15) is 11.6 Å². The highest BCUT2D eigenvalue weighted by Crippen LogP contribution is 2.39. The second-order valence-corrected chi connectivity index (χ2v) is 11.2. The van der Waals surface area contributed by atoms with Crippen LogP contribution in [0.1, 0.15) is 28.8 Å². The first-order chi connectivity index (χ1) is 17.5. The summed E-state index contributed by atoms with van der Waals surface area (Å²) in [7, 11) is 1.58. The molecule has 0 unspecified atom stereocenters. The van der Waals surface area contributed by atoms with Crippen molar-refractivity contribution in [2.24, 2.45) is 0 Å². The van der Waals surface area contributed by atoms with Crippen molar-refractivity contribution in [1.82, 2.24) is 19.8 Å². The van der Waals surface area contributed by atoms with Gasteiger partial charge in [-0.3, -0.25) is 9.59 Å². The first-order valence-corrected chi connectivity index (χ1v) is 13.3. The molecule has 2 aliphatic heterocycles. The van der Waals surface area contributed by atoms with Crippen molar-refractivity contribution in [3.05, 3.63) is 66.5 Å². The number of likely N-dealkylation sites (tertiary alicyclic amines) is 1. The molecule has 1 aromatic carbocycles. The molecule has 2 bridgehead atoms. The molecule has 2 amide bonds. The summed E-state index contributed by atoms with van der Waals surface area (Å²) in [6.07, 6.45) is 6.72. The predicted octanol–water partition coefficient (Wildman–Crippen LogP) is 4.75. The average Bonchev–Trinajstić information content (AvgIpc) is 3.44. The predicted molar refractivity (Wildman–Crippen MR) is 141 cm³/mol. The van der Waals surface area contributed by atoms with Gasteiger partial charge in [0.25, 0.3) is 5.91 Å². The van der Waals surface area contributed by atoms with E-state index in [1.165, 1.54) is 17.4 Å². The maximum absolute atomic E-state index is 13.7. The Morgan fingerprint density at radius 2 is 2.00 bits per heavy atom. The topological polar surface area (TPSA) is 87.7 Å². The van der Waals surface area contributed by atoms with Gasteiger partial charge in [0.15, 0.2) is 5.13 Å². The molecule has 2 aromatic heterocycles. The Labute approximate surface area is 218 Å². The molecule has 2 aliphatic rings. The third-order valence-electron chi connectivity index (χ3n) is 6.52. The van der Waals surface area contributed by atoms with E-state index in [-0.39, 0.29) is 23.9 Å². The van der Waals surface area contributed by atoms with Crippen molar-refractivity contribution in [3.63, 3.8) is 0 Å². The third-order valence-corrected chi connectivity index (χ3v) is 8.69.